The minimum Gasteiger partial charge on any atom is -0.493 e. The number of aryl methyl sites for hydroxylation is 3. The standard InChI is InChI=1S/C44H50N8O6S/c1-27-11-8-9-12-29(27)19-32-23-45-34-22-37(36(57-7)21-33(34)43(56)52(32)6)58-18-10-13-39(53)48-38-25-51(5)40(49-38)42(55)47-31-16-14-28(15-17-31)30-20-35(50(4)24-30)41(54)46-26-44(2,3)59/h8-9,11-12,14-17,20-25,32,59H,10,13,18-19,26H2,1-7H3,(H,46,54)(H,47,55)(H,48,53)/t32-/m0/s1. The van der Waals surface area contributed by atoms with E-state index in [9.17, 15) is 19.2 Å². The fraction of sp³-hybridized carbons (Fsp3) is 0.318. The first-order chi connectivity index (χ1) is 28.1. The molecule has 0 bridgehead atoms. The summed E-state index contributed by atoms with van der Waals surface area (Å²) in [5.74, 6) is 0.0460. The van der Waals surface area contributed by atoms with Crippen molar-refractivity contribution in [2.75, 3.05) is 37.9 Å². The molecule has 1 aliphatic heterocycles. The largest absolute Gasteiger partial charge is 0.493 e. The Labute approximate surface area is 349 Å². The van der Waals surface area contributed by atoms with E-state index in [1.807, 2.05) is 57.4 Å². The maximum atomic E-state index is 13.5. The van der Waals surface area contributed by atoms with E-state index in [4.69, 9.17) is 9.47 Å². The molecule has 59 heavy (non-hydrogen) atoms. The van der Waals surface area contributed by atoms with Crippen LogP contribution in [0.3, 0.4) is 0 Å². The van der Waals surface area contributed by atoms with Crippen molar-refractivity contribution < 1.29 is 28.7 Å². The molecule has 1 atom stereocenters. The number of hydrogen-bond acceptors (Lipinski definition) is 9. The van der Waals surface area contributed by atoms with Crippen molar-refractivity contribution in [3.05, 3.63) is 107 Å². The molecule has 1 aliphatic rings. The van der Waals surface area contributed by atoms with Crippen LogP contribution in [0.25, 0.3) is 11.1 Å². The normalized spacial score (nSPS) is 13.7. The molecule has 3 aromatic carbocycles. The number of benzene rings is 3. The number of ether oxygens (including phenoxy) is 2. The lowest BCUT2D eigenvalue weighted by Gasteiger charge is -2.24. The summed E-state index contributed by atoms with van der Waals surface area (Å²) >= 11 is 4.47. The zero-order valence-corrected chi connectivity index (χ0v) is 35.2. The number of nitrogens with one attached hydrogen (secondary N) is 3. The third-order valence-corrected chi connectivity index (χ3v) is 10.1. The Kier molecular flexibility index (Phi) is 12.9. The molecule has 0 spiro atoms. The summed E-state index contributed by atoms with van der Waals surface area (Å²) in [6, 6.07) is 20.3. The Balaban J connectivity index is 0.999. The van der Waals surface area contributed by atoms with Gasteiger partial charge in [-0.2, -0.15) is 12.6 Å². The number of anilines is 2. The van der Waals surface area contributed by atoms with Crippen LogP contribution in [-0.4, -0.2) is 87.0 Å². The third-order valence-electron chi connectivity index (χ3n) is 9.95. The summed E-state index contributed by atoms with van der Waals surface area (Å²) in [6.45, 7) is 6.53. The van der Waals surface area contributed by atoms with Crippen molar-refractivity contribution in [1.29, 1.82) is 0 Å². The van der Waals surface area contributed by atoms with E-state index in [1.54, 1.807) is 60.2 Å². The number of hydrogen-bond donors (Lipinski definition) is 4. The number of likely N-dealkylation sites (N-methyl/N-ethyl adjacent to an activating group) is 1. The highest BCUT2D eigenvalue weighted by Crippen LogP contribution is 2.37. The highest BCUT2D eigenvalue weighted by molar-refractivity contribution is 7.81. The monoisotopic (exact) mass is 818 g/mol. The van der Waals surface area contributed by atoms with E-state index >= 15 is 0 Å². The topological polar surface area (TPSA) is 161 Å². The van der Waals surface area contributed by atoms with Crippen molar-refractivity contribution >= 4 is 59.7 Å². The maximum absolute atomic E-state index is 13.5. The molecule has 4 amide bonds. The average molecular weight is 819 g/mol. The number of carbonyl (C=O) groups is 4. The smallest absolute Gasteiger partial charge is 0.291 e. The molecule has 308 valence electrons. The third kappa shape index (κ3) is 10.4. The molecule has 14 nitrogen and oxygen atoms in total. The molecule has 5 aromatic rings. The molecule has 3 heterocycles. The van der Waals surface area contributed by atoms with Gasteiger partial charge in [0.2, 0.25) is 11.7 Å². The molecule has 0 saturated heterocycles. The van der Waals surface area contributed by atoms with Crippen LogP contribution in [0.1, 0.15) is 69.3 Å². The second-order valence-corrected chi connectivity index (χ2v) is 16.4. The molecule has 15 heteroatoms. The van der Waals surface area contributed by atoms with Gasteiger partial charge in [-0.25, -0.2) is 4.98 Å². The van der Waals surface area contributed by atoms with Crippen molar-refractivity contribution in [2.45, 2.75) is 50.8 Å². The van der Waals surface area contributed by atoms with Crippen LogP contribution < -0.4 is 25.4 Å². The molecule has 0 saturated carbocycles. The van der Waals surface area contributed by atoms with Gasteiger partial charge in [0.15, 0.2) is 17.3 Å². The first-order valence-corrected chi connectivity index (χ1v) is 19.7. The van der Waals surface area contributed by atoms with Gasteiger partial charge in [0, 0.05) is 74.8 Å². The van der Waals surface area contributed by atoms with Gasteiger partial charge < -0.3 is 39.5 Å². The number of methoxy groups -OCH3 is 1. The van der Waals surface area contributed by atoms with Crippen LogP contribution >= 0.6 is 12.6 Å². The fourth-order valence-corrected chi connectivity index (χ4v) is 6.67. The molecule has 2 aromatic heterocycles. The van der Waals surface area contributed by atoms with Crippen LogP contribution in [0.2, 0.25) is 0 Å². The molecule has 0 unspecified atom stereocenters. The first kappa shape index (κ1) is 42.3. The number of aliphatic imine (C=N–C) groups is 1. The van der Waals surface area contributed by atoms with Crippen molar-refractivity contribution in [2.24, 2.45) is 19.1 Å². The van der Waals surface area contributed by atoms with E-state index in [1.165, 1.54) is 11.7 Å². The number of imidazole rings is 1. The molecular weight excluding hydrogens is 769 g/mol. The van der Waals surface area contributed by atoms with Crippen LogP contribution in [0.5, 0.6) is 11.5 Å². The summed E-state index contributed by atoms with van der Waals surface area (Å²) in [4.78, 5) is 63.0. The van der Waals surface area contributed by atoms with Gasteiger partial charge in [0.05, 0.1) is 31.0 Å². The number of nitrogens with zero attached hydrogens (tertiary/aromatic N) is 5. The molecule has 0 fully saturated rings. The van der Waals surface area contributed by atoms with Gasteiger partial charge >= 0.3 is 0 Å². The summed E-state index contributed by atoms with van der Waals surface area (Å²) in [6.07, 6.45) is 6.36. The van der Waals surface area contributed by atoms with Crippen LogP contribution in [0.15, 0.2) is 84.1 Å². The summed E-state index contributed by atoms with van der Waals surface area (Å²) in [7, 11) is 6.76. The summed E-state index contributed by atoms with van der Waals surface area (Å²) in [5.41, 5.74) is 5.99. The lowest BCUT2D eigenvalue weighted by Crippen LogP contribution is -2.38. The van der Waals surface area contributed by atoms with Crippen molar-refractivity contribution in [3.8, 4) is 22.6 Å². The minimum atomic E-state index is -0.450. The quantitative estimate of drug-likeness (QED) is 0.0682. The number of fused-ring (bicyclic) bond motifs is 1. The van der Waals surface area contributed by atoms with Gasteiger partial charge in [0.25, 0.3) is 17.7 Å². The maximum Gasteiger partial charge on any atom is 0.291 e. The minimum absolute atomic E-state index is 0.111. The predicted octanol–water partition coefficient (Wildman–Crippen LogP) is 6.63. The SMILES string of the molecule is COc1cc2c(cc1OCCCC(=O)Nc1cn(C)c(C(=O)Nc3ccc(-c4cc(C(=O)NCC(C)(C)S)n(C)c4)cc3)n1)N=C[C@H](Cc1ccccc1C)N(C)C2=O. The highest BCUT2D eigenvalue weighted by Gasteiger charge is 2.28. The summed E-state index contributed by atoms with van der Waals surface area (Å²) < 4.78 is 14.6. The Hall–Kier alpha value is -6.35. The van der Waals surface area contributed by atoms with Gasteiger partial charge in [-0.05, 0) is 74.6 Å². The second kappa shape index (κ2) is 18.1. The van der Waals surface area contributed by atoms with Crippen molar-refractivity contribution in [1.82, 2.24) is 24.3 Å². The molecule has 3 N–H and O–H groups in total. The summed E-state index contributed by atoms with van der Waals surface area (Å²) in [5, 5.41) is 8.51. The zero-order chi connectivity index (χ0) is 42.4. The highest BCUT2D eigenvalue weighted by atomic mass is 32.1. The van der Waals surface area contributed by atoms with Crippen LogP contribution in [0.4, 0.5) is 17.2 Å². The van der Waals surface area contributed by atoms with E-state index < -0.39 is 5.91 Å². The van der Waals surface area contributed by atoms with E-state index in [0.717, 1.165) is 22.3 Å². The number of aromatic nitrogens is 3. The van der Waals surface area contributed by atoms with Gasteiger partial charge in [0.1, 0.15) is 5.69 Å². The number of thiol groups is 1. The fourth-order valence-electron chi connectivity index (χ4n) is 6.59. The molecular formula is C44H50N8O6S. The van der Waals surface area contributed by atoms with E-state index in [2.05, 4.69) is 57.6 Å². The first-order valence-electron chi connectivity index (χ1n) is 19.2. The number of rotatable bonds is 15. The Morgan fingerprint density at radius 1 is 0.898 bits per heavy atom. The van der Waals surface area contributed by atoms with Crippen LogP contribution in [-0.2, 0) is 25.3 Å². The Bertz CT molecular complexity index is 2390. The van der Waals surface area contributed by atoms with E-state index in [0.29, 0.717) is 53.5 Å². The molecule has 6 rings (SSSR count). The molecule has 0 aliphatic carbocycles. The molecule has 0 radical (unpaired) electrons. The van der Waals surface area contributed by atoms with Gasteiger partial charge in [-0.3, -0.25) is 24.2 Å². The van der Waals surface area contributed by atoms with Gasteiger partial charge in [-0.1, -0.05) is 36.4 Å². The van der Waals surface area contributed by atoms with Crippen LogP contribution in [0, 0.1) is 6.92 Å². The number of carbonyl (C=O) groups excluding carboxylic acids is 4. The lowest BCUT2D eigenvalue weighted by molar-refractivity contribution is -0.116. The number of amides is 4. The zero-order valence-electron chi connectivity index (χ0n) is 34.3. The second-order valence-electron chi connectivity index (χ2n) is 15.2. The van der Waals surface area contributed by atoms with Crippen molar-refractivity contribution in [3.63, 3.8) is 0 Å². The average Bonchev–Trinajstić information content (AvgIpc) is 3.75. The predicted molar refractivity (Wildman–Crippen MR) is 233 cm³/mol. The van der Waals surface area contributed by atoms with E-state index in [-0.39, 0.29) is 53.2 Å². The lowest BCUT2D eigenvalue weighted by atomic mass is 10.0. The Morgan fingerprint density at radius 3 is 2.36 bits per heavy atom. The Morgan fingerprint density at radius 2 is 1.64 bits per heavy atom. The van der Waals surface area contributed by atoms with Gasteiger partial charge in [-0.15, -0.1) is 0 Å².